The first-order chi connectivity index (χ1) is 14.6. The van der Waals surface area contributed by atoms with Gasteiger partial charge in [-0.1, -0.05) is 42.5 Å². The molecule has 4 aromatic rings. The van der Waals surface area contributed by atoms with Gasteiger partial charge in [0.15, 0.2) is 5.69 Å². The summed E-state index contributed by atoms with van der Waals surface area (Å²) in [6.07, 6.45) is 2.59. The van der Waals surface area contributed by atoms with E-state index in [-0.39, 0.29) is 23.3 Å². The maximum atomic E-state index is 13.4. The number of rotatable bonds is 3. The largest absolute Gasteiger partial charge is 0.310 e. The van der Waals surface area contributed by atoms with Gasteiger partial charge in [-0.25, -0.2) is 4.98 Å². The summed E-state index contributed by atoms with van der Waals surface area (Å²) in [5.41, 5.74) is 3.69. The number of nitrogens with zero attached hydrogens (tertiary/aromatic N) is 4. The van der Waals surface area contributed by atoms with Crippen molar-refractivity contribution in [1.82, 2.24) is 9.38 Å². The molecule has 6 nitrogen and oxygen atoms in total. The second-order valence-electron chi connectivity index (χ2n) is 7.28. The van der Waals surface area contributed by atoms with Crippen LogP contribution in [0.25, 0.3) is 5.52 Å². The van der Waals surface area contributed by atoms with Crippen LogP contribution in [0.4, 0.5) is 11.4 Å². The summed E-state index contributed by atoms with van der Waals surface area (Å²) in [6.45, 7) is 0.604. The number of anilines is 2. The standard InChI is InChI=1S/C24H20N4O2/c1-26(18-10-3-2-4-11-18)23(29)21-20-13-7-8-15-27(20)22(25-21)24(30)28-16-14-17-9-5-6-12-19(17)28/h2-13,15H,14,16H2,1H3. The molecule has 0 radical (unpaired) electrons. The van der Waals surface area contributed by atoms with Gasteiger partial charge in [0.1, 0.15) is 0 Å². The Morgan fingerprint density at radius 1 is 0.933 bits per heavy atom. The Kier molecular flexibility index (Phi) is 4.32. The number of carbonyl (C=O) groups is 2. The Labute approximate surface area is 174 Å². The van der Waals surface area contributed by atoms with Crippen LogP contribution in [-0.2, 0) is 6.42 Å². The minimum atomic E-state index is -0.259. The van der Waals surface area contributed by atoms with Crippen LogP contribution in [0.2, 0.25) is 0 Å². The lowest BCUT2D eigenvalue weighted by Gasteiger charge is -2.16. The van der Waals surface area contributed by atoms with Crippen molar-refractivity contribution in [3.05, 3.63) is 96.1 Å². The van der Waals surface area contributed by atoms with Crippen molar-refractivity contribution in [2.45, 2.75) is 6.42 Å². The van der Waals surface area contributed by atoms with Crippen LogP contribution in [0.3, 0.4) is 0 Å². The second kappa shape index (κ2) is 7.15. The zero-order chi connectivity index (χ0) is 20.7. The molecule has 6 heteroatoms. The summed E-state index contributed by atoms with van der Waals surface area (Å²) in [5, 5.41) is 0. The molecule has 0 saturated carbocycles. The number of imidazole rings is 1. The molecular weight excluding hydrogens is 376 g/mol. The topological polar surface area (TPSA) is 57.9 Å². The highest BCUT2D eigenvalue weighted by atomic mass is 16.2. The minimum absolute atomic E-state index is 0.206. The summed E-state index contributed by atoms with van der Waals surface area (Å²) in [4.78, 5) is 34.5. The van der Waals surface area contributed by atoms with Gasteiger partial charge in [-0.3, -0.25) is 14.0 Å². The molecule has 5 rings (SSSR count). The number of para-hydroxylation sites is 2. The summed E-state index contributed by atoms with van der Waals surface area (Å²) in [7, 11) is 1.71. The lowest BCUT2D eigenvalue weighted by Crippen LogP contribution is -2.31. The van der Waals surface area contributed by atoms with E-state index in [2.05, 4.69) is 4.98 Å². The highest BCUT2D eigenvalue weighted by molar-refractivity contribution is 6.12. The Bertz CT molecular complexity index is 1260. The Hall–Kier alpha value is -3.93. The molecule has 0 atom stereocenters. The molecule has 3 heterocycles. The van der Waals surface area contributed by atoms with Crippen molar-refractivity contribution < 1.29 is 9.59 Å². The normalized spacial score (nSPS) is 12.8. The first-order valence-electron chi connectivity index (χ1n) is 9.85. The Morgan fingerprint density at radius 3 is 2.50 bits per heavy atom. The highest BCUT2D eigenvalue weighted by Crippen LogP contribution is 2.29. The van der Waals surface area contributed by atoms with Crippen molar-refractivity contribution in [2.75, 3.05) is 23.4 Å². The average Bonchev–Trinajstić information content (AvgIpc) is 3.40. The number of carbonyl (C=O) groups excluding carboxylic acids is 2. The number of aromatic nitrogens is 2. The van der Waals surface area contributed by atoms with E-state index in [0.29, 0.717) is 12.1 Å². The monoisotopic (exact) mass is 396 g/mol. The molecule has 0 spiro atoms. The fourth-order valence-corrected chi connectivity index (χ4v) is 3.94. The van der Waals surface area contributed by atoms with E-state index in [0.717, 1.165) is 23.4 Å². The van der Waals surface area contributed by atoms with Crippen LogP contribution in [0.1, 0.15) is 26.7 Å². The average molecular weight is 396 g/mol. The van der Waals surface area contributed by atoms with E-state index >= 15 is 0 Å². The molecule has 0 N–H and O–H groups in total. The number of benzene rings is 2. The van der Waals surface area contributed by atoms with Crippen molar-refractivity contribution in [3.63, 3.8) is 0 Å². The van der Waals surface area contributed by atoms with Gasteiger partial charge in [0, 0.05) is 31.2 Å². The van der Waals surface area contributed by atoms with Crippen molar-refractivity contribution >= 4 is 28.7 Å². The van der Waals surface area contributed by atoms with E-state index < -0.39 is 0 Å². The fraction of sp³-hybridized carbons (Fsp3) is 0.125. The minimum Gasteiger partial charge on any atom is -0.310 e. The maximum Gasteiger partial charge on any atom is 0.294 e. The third-order valence-electron chi connectivity index (χ3n) is 5.52. The predicted octanol–water partition coefficient (Wildman–Crippen LogP) is 3.81. The van der Waals surface area contributed by atoms with Crippen molar-refractivity contribution in [1.29, 1.82) is 0 Å². The third kappa shape index (κ3) is 2.85. The molecule has 0 saturated heterocycles. The molecule has 1 aliphatic rings. The lowest BCUT2D eigenvalue weighted by molar-refractivity contribution is 0.0979. The number of amides is 2. The molecule has 1 aliphatic heterocycles. The Balaban J connectivity index is 1.57. The van der Waals surface area contributed by atoms with E-state index in [9.17, 15) is 9.59 Å². The smallest absolute Gasteiger partial charge is 0.294 e. The van der Waals surface area contributed by atoms with Gasteiger partial charge < -0.3 is 9.80 Å². The van der Waals surface area contributed by atoms with E-state index in [1.54, 1.807) is 27.4 Å². The van der Waals surface area contributed by atoms with Crippen LogP contribution in [0.5, 0.6) is 0 Å². The van der Waals surface area contributed by atoms with Gasteiger partial charge in [-0.15, -0.1) is 0 Å². The van der Waals surface area contributed by atoms with Crippen molar-refractivity contribution in [3.8, 4) is 0 Å². The second-order valence-corrected chi connectivity index (χ2v) is 7.28. The zero-order valence-electron chi connectivity index (χ0n) is 16.5. The molecule has 0 unspecified atom stereocenters. The van der Waals surface area contributed by atoms with Crippen molar-refractivity contribution in [2.24, 2.45) is 0 Å². The van der Waals surface area contributed by atoms with Crippen LogP contribution in [-0.4, -0.2) is 34.8 Å². The molecule has 148 valence electrons. The van der Waals surface area contributed by atoms with Gasteiger partial charge in [0.05, 0.1) is 5.52 Å². The van der Waals surface area contributed by atoms with Gasteiger partial charge >= 0.3 is 0 Å². The fourth-order valence-electron chi connectivity index (χ4n) is 3.94. The third-order valence-corrected chi connectivity index (χ3v) is 5.52. The molecule has 2 amide bonds. The molecule has 0 fully saturated rings. The van der Waals surface area contributed by atoms with Gasteiger partial charge in [0.2, 0.25) is 5.82 Å². The van der Waals surface area contributed by atoms with E-state index in [4.69, 9.17) is 0 Å². The van der Waals surface area contributed by atoms with E-state index in [1.165, 1.54) is 0 Å². The molecule has 0 aliphatic carbocycles. The molecule has 2 aromatic heterocycles. The molecule has 2 aromatic carbocycles. The Morgan fingerprint density at radius 2 is 1.67 bits per heavy atom. The summed E-state index contributed by atoms with van der Waals surface area (Å²) in [5.74, 6) is -0.222. The first kappa shape index (κ1) is 18.1. The van der Waals surface area contributed by atoms with Gasteiger partial charge in [0.25, 0.3) is 11.8 Å². The van der Waals surface area contributed by atoms with Gasteiger partial charge in [-0.2, -0.15) is 0 Å². The SMILES string of the molecule is CN(C(=O)c1nc(C(=O)N2CCc3ccccc32)n2ccccc12)c1ccccc1. The summed E-state index contributed by atoms with van der Waals surface area (Å²) < 4.78 is 1.70. The number of fused-ring (bicyclic) bond motifs is 2. The first-order valence-corrected chi connectivity index (χ1v) is 9.85. The van der Waals surface area contributed by atoms with Crippen LogP contribution < -0.4 is 9.80 Å². The molecule has 30 heavy (non-hydrogen) atoms. The summed E-state index contributed by atoms with van der Waals surface area (Å²) in [6, 6.07) is 22.8. The summed E-state index contributed by atoms with van der Waals surface area (Å²) >= 11 is 0. The lowest BCUT2D eigenvalue weighted by atomic mass is 10.2. The number of pyridine rings is 1. The molecule has 0 bridgehead atoms. The van der Waals surface area contributed by atoms with Crippen LogP contribution >= 0.6 is 0 Å². The van der Waals surface area contributed by atoms with Gasteiger partial charge in [-0.05, 0) is 42.3 Å². The molecular formula is C24H20N4O2. The van der Waals surface area contributed by atoms with Crippen LogP contribution in [0, 0.1) is 0 Å². The number of hydrogen-bond donors (Lipinski definition) is 0. The van der Waals surface area contributed by atoms with Crippen LogP contribution in [0.15, 0.2) is 79.0 Å². The maximum absolute atomic E-state index is 13.4. The predicted molar refractivity (Wildman–Crippen MR) is 116 cm³/mol. The zero-order valence-corrected chi connectivity index (χ0v) is 16.5. The number of hydrogen-bond acceptors (Lipinski definition) is 3. The highest BCUT2D eigenvalue weighted by Gasteiger charge is 2.30. The van der Waals surface area contributed by atoms with E-state index in [1.807, 2.05) is 72.8 Å². The quantitative estimate of drug-likeness (QED) is 0.529.